The van der Waals surface area contributed by atoms with Crippen molar-refractivity contribution in [2.45, 2.75) is 322 Å². The van der Waals surface area contributed by atoms with Gasteiger partial charge >= 0.3 is 17.9 Å². The van der Waals surface area contributed by atoms with E-state index < -0.39 is 6.10 Å². The Hall–Kier alpha value is -3.15. The molecule has 1 atom stereocenters. The normalized spacial score (nSPS) is 12.5. The molecule has 0 aliphatic heterocycles. The van der Waals surface area contributed by atoms with Gasteiger partial charge in [-0.1, -0.05) is 280 Å². The molecule has 0 radical (unpaired) electrons. The topological polar surface area (TPSA) is 78.9 Å². The summed E-state index contributed by atoms with van der Waals surface area (Å²) in [6.07, 6.45) is 79.0. The van der Waals surface area contributed by atoms with Crippen molar-refractivity contribution in [1.82, 2.24) is 0 Å². The van der Waals surface area contributed by atoms with Crippen molar-refractivity contribution in [2.24, 2.45) is 0 Å². The Bertz CT molecular complexity index is 1360. The minimum absolute atomic E-state index is 0.0792. The number of carbonyl (C=O) groups excluding carboxylic acids is 3. The highest BCUT2D eigenvalue weighted by Gasteiger charge is 2.19. The zero-order valence-corrected chi connectivity index (χ0v) is 48.4. The SMILES string of the molecule is CC/C=C\C/C=C\C/C=C\CCCCCCCCCC(=O)OC(COC(=O)CCCCCCCCCC/C=C\C/C=C\C/C=C\CCCCCCC)COC(=O)CCCCCCCCCCCCCCCCC. The molecule has 0 heterocycles. The van der Waals surface area contributed by atoms with Gasteiger partial charge in [0.1, 0.15) is 13.2 Å². The van der Waals surface area contributed by atoms with E-state index >= 15 is 0 Å². The first kappa shape index (κ1) is 69.8. The van der Waals surface area contributed by atoms with E-state index in [-0.39, 0.29) is 31.1 Å². The monoisotopic (exact) mass is 1020 g/mol. The van der Waals surface area contributed by atoms with Crippen LogP contribution in [0, 0.1) is 0 Å². The molecule has 0 aromatic carbocycles. The molecule has 0 N–H and O–H groups in total. The highest BCUT2D eigenvalue weighted by molar-refractivity contribution is 5.71. The second-order valence-corrected chi connectivity index (χ2v) is 20.9. The molecule has 6 heteroatoms. The maximum absolute atomic E-state index is 12.9. The summed E-state index contributed by atoms with van der Waals surface area (Å²) in [5, 5.41) is 0. The molecular weight excluding hydrogens is 901 g/mol. The van der Waals surface area contributed by atoms with E-state index in [9.17, 15) is 14.4 Å². The fraction of sp³-hybridized carbons (Fsp3) is 0.776. The zero-order valence-electron chi connectivity index (χ0n) is 48.4. The Morgan fingerprint density at radius 2 is 0.534 bits per heavy atom. The summed E-state index contributed by atoms with van der Waals surface area (Å²) in [5.41, 5.74) is 0. The number of carbonyl (C=O) groups is 3. The van der Waals surface area contributed by atoms with Crippen LogP contribution >= 0.6 is 0 Å². The second-order valence-electron chi connectivity index (χ2n) is 20.9. The van der Waals surface area contributed by atoms with Crippen LogP contribution < -0.4 is 0 Å². The van der Waals surface area contributed by atoms with Gasteiger partial charge in [0.2, 0.25) is 0 Å². The van der Waals surface area contributed by atoms with Crippen LogP contribution in [0.4, 0.5) is 0 Å². The van der Waals surface area contributed by atoms with Gasteiger partial charge in [-0.15, -0.1) is 0 Å². The number of unbranched alkanes of at least 4 members (excludes halogenated alkanes) is 34. The van der Waals surface area contributed by atoms with Gasteiger partial charge in [-0.3, -0.25) is 14.4 Å². The van der Waals surface area contributed by atoms with Crippen LogP contribution in [0.5, 0.6) is 0 Å². The van der Waals surface area contributed by atoms with Crippen LogP contribution in [0.1, 0.15) is 316 Å². The van der Waals surface area contributed by atoms with Gasteiger partial charge in [-0.05, 0) is 89.9 Å². The number of allylic oxidation sites excluding steroid dienone is 12. The van der Waals surface area contributed by atoms with Crippen LogP contribution in [-0.4, -0.2) is 37.2 Å². The lowest BCUT2D eigenvalue weighted by atomic mass is 10.0. The summed E-state index contributed by atoms with van der Waals surface area (Å²) in [5.74, 6) is -0.882. The van der Waals surface area contributed by atoms with Gasteiger partial charge in [0.15, 0.2) is 6.10 Å². The van der Waals surface area contributed by atoms with Crippen molar-refractivity contribution >= 4 is 17.9 Å². The molecule has 0 spiro atoms. The molecule has 0 rings (SSSR count). The smallest absolute Gasteiger partial charge is 0.306 e. The summed E-state index contributed by atoms with van der Waals surface area (Å²) in [4.78, 5) is 38.3. The molecule has 0 aromatic heterocycles. The number of ether oxygens (including phenoxy) is 3. The molecule has 0 bridgehead atoms. The van der Waals surface area contributed by atoms with Gasteiger partial charge < -0.3 is 14.2 Å². The Kier molecular flexibility index (Phi) is 58.7. The van der Waals surface area contributed by atoms with E-state index in [0.29, 0.717) is 19.3 Å². The lowest BCUT2D eigenvalue weighted by molar-refractivity contribution is -0.167. The van der Waals surface area contributed by atoms with E-state index in [1.54, 1.807) is 0 Å². The molecule has 422 valence electrons. The van der Waals surface area contributed by atoms with E-state index in [1.165, 1.54) is 173 Å². The van der Waals surface area contributed by atoms with Crippen LogP contribution in [-0.2, 0) is 28.6 Å². The van der Waals surface area contributed by atoms with Crippen molar-refractivity contribution in [3.8, 4) is 0 Å². The molecule has 0 fully saturated rings. The van der Waals surface area contributed by atoms with E-state index in [1.807, 2.05) is 0 Å². The standard InChI is InChI=1S/C67H118O6/c1-4-7-10-13-16-19-22-25-28-30-31-32-33-34-35-37-39-42-45-48-51-54-57-60-66(69)72-63-64(62-71-65(68)59-56-53-50-47-44-41-38-27-24-21-18-15-12-9-6-3)73-67(70)61-58-55-52-49-46-43-40-36-29-26-23-20-17-14-11-8-5-2/h8,11,17,20,22,25-26,29-31,33-34,64H,4-7,9-10,12-16,18-19,21,23-24,27-28,32,35-63H2,1-3H3/b11-8-,20-17-,25-22-,29-26-,31-30-,34-33-. The average molecular weight is 1020 g/mol. The Balaban J connectivity index is 4.36. The third-order valence-corrected chi connectivity index (χ3v) is 13.7. The van der Waals surface area contributed by atoms with Gasteiger partial charge in [0.25, 0.3) is 0 Å². The minimum atomic E-state index is -0.783. The summed E-state index contributed by atoms with van der Waals surface area (Å²) in [6, 6.07) is 0. The number of hydrogen-bond acceptors (Lipinski definition) is 6. The second kappa shape index (κ2) is 61.4. The largest absolute Gasteiger partial charge is 0.462 e. The van der Waals surface area contributed by atoms with Gasteiger partial charge in [-0.2, -0.15) is 0 Å². The van der Waals surface area contributed by atoms with E-state index in [0.717, 1.165) is 103 Å². The number of esters is 3. The van der Waals surface area contributed by atoms with Crippen LogP contribution in [0.15, 0.2) is 72.9 Å². The third-order valence-electron chi connectivity index (χ3n) is 13.7. The van der Waals surface area contributed by atoms with Crippen LogP contribution in [0.25, 0.3) is 0 Å². The molecule has 73 heavy (non-hydrogen) atoms. The molecule has 0 aliphatic rings. The highest BCUT2D eigenvalue weighted by Crippen LogP contribution is 2.16. The molecule has 0 saturated heterocycles. The first-order valence-electron chi connectivity index (χ1n) is 31.4. The Labute approximate surface area is 453 Å². The summed E-state index contributed by atoms with van der Waals surface area (Å²) >= 11 is 0. The summed E-state index contributed by atoms with van der Waals surface area (Å²) in [6.45, 7) is 6.54. The Morgan fingerprint density at radius 3 is 0.836 bits per heavy atom. The van der Waals surface area contributed by atoms with Crippen LogP contribution in [0.3, 0.4) is 0 Å². The highest BCUT2D eigenvalue weighted by atomic mass is 16.6. The lowest BCUT2D eigenvalue weighted by Crippen LogP contribution is -2.30. The first-order chi connectivity index (χ1) is 36.0. The quantitative estimate of drug-likeness (QED) is 0.0261. The molecule has 6 nitrogen and oxygen atoms in total. The average Bonchev–Trinajstić information content (AvgIpc) is 3.39. The van der Waals surface area contributed by atoms with Gasteiger partial charge in [0.05, 0.1) is 0 Å². The molecular formula is C67H118O6. The number of hydrogen-bond donors (Lipinski definition) is 0. The Morgan fingerprint density at radius 1 is 0.288 bits per heavy atom. The maximum atomic E-state index is 12.9. The van der Waals surface area contributed by atoms with Gasteiger partial charge in [-0.25, -0.2) is 0 Å². The van der Waals surface area contributed by atoms with Crippen molar-refractivity contribution in [3.63, 3.8) is 0 Å². The fourth-order valence-corrected chi connectivity index (χ4v) is 9.00. The molecule has 0 saturated carbocycles. The van der Waals surface area contributed by atoms with Crippen molar-refractivity contribution in [1.29, 1.82) is 0 Å². The molecule has 0 aromatic rings. The predicted molar refractivity (Wildman–Crippen MR) is 316 cm³/mol. The fourth-order valence-electron chi connectivity index (χ4n) is 9.00. The molecule has 0 aliphatic carbocycles. The van der Waals surface area contributed by atoms with Crippen molar-refractivity contribution in [2.75, 3.05) is 13.2 Å². The van der Waals surface area contributed by atoms with Crippen LogP contribution in [0.2, 0.25) is 0 Å². The summed E-state index contributed by atoms with van der Waals surface area (Å²) < 4.78 is 16.9. The van der Waals surface area contributed by atoms with Gasteiger partial charge in [0, 0.05) is 19.3 Å². The van der Waals surface area contributed by atoms with Crippen molar-refractivity contribution < 1.29 is 28.6 Å². The van der Waals surface area contributed by atoms with E-state index in [2.05, 4.69) is 93.7 Å². The third kappa shape index (κ3) is 59.6. The molecule has 0 amide bonds. The predicted octanol–water partition coefficient (Wildman–Crippen LogP) is 21.3. The molecule has 1 unspecified atom stereocenters. The zero-order chi connectivity index (χ0) is 52.9. The summed E-state index contributed by atoms with van der Waals surface area (Å²) in [7, 11) is 0. The lowest BCUT2D eigenvalue weighted by Gasteiger charge is -2.18. The van der Waals surface area contributed by atoms with Crippen molar-refractivity contribution in [3.05, 3.63) is 72.9 Å². The first-order valence-corrected chi connectivity index (χ1v) is 31.4. The maximum Gasteiger partial charge on any atom is 0.306 e. The van der Waals surface area contributed by atoms with E-state index in [4.69, 9.17) is 14.2 Å². The number of rotatable bonds is 57. The minimum Gasteiger partial charge on any atom is -0.462 e.